The standard InChI is InChI=1S/C9H8O4.C9H10O3.B/c10-9(11)4-6-1-2-7-8(3-6)13-5-12-7;10-4-3-7-1-2-8-9(5-7)12-6-11-8;/h1-3H,4-5H2,(H,10,11);1-2,5,10H,3-4,6H2;. The minimum Gasteiger partial charge on any atom is -0.481 e. The minimum atomic E-state index is -0.848. The van der Waals surface area contributed by atoms with Crippen molar-refractivity contribution in [3.63, 3.8) is 0 Å². The van der Waals surface area contributed by atoms with Crippen LogP contribution in [0.25, 0.3) is 0 Å². The lowest BCUT2D eigenvalue weighted by atomic mass is 10.1. The van der Waals surface area contributed by atoms with E-state index >= 15 is 0 Å². The average molecular weight is 357 g/mol. The largest absolute Gasteiger partial charge is 0.481 e. The summed E-state index contributed by atoms with van der Waals surface area (Å²) in [6.07, 6.45) is 0.674. The SMILES string of the molecule is O=C(O)Cc1ccc2c(c1)OCO2.OCCc1ccc2c(c1)OCO2.[B]. The van der Waals surface area contributed by atoms with E-state index in [1.54, 1.807) is 18.2 Å². The van der Waals surface area contributed by atoms with Crippen molar-refractivity contribution in [1.82, 2.24) is 0 Å². The van der Waals surface area contributed by atoms with Crippen molar-refractivity contribution in [3.8, 4) is 23.0 Å². The molecule has 2 aromatic carbocycles. The van der Waals surface area contributed by atoms with Crippen molar-refractivity contribution in [2.24, 2.45) is 0 Å². The van der Waals surface area contributed by atoms with Crippen molar-refractivity contribution < 1.29 is 34.0 Å². The van der Waals surface area contributed by atoms with Crippen LogP contribution >= 0.6 is 0 Å². The van der Waals surface area contributed by atoms with Crippen LogP contribution in [-0.2, 0) is 17.6 Å². The molecule has 4 rings (SSSR count). The van der Waals surface area contributed by atoms with Crippen molar-refractivity contribution >= 4 is 14.4 Å². The number of rotatable bonds is 4. The maximum Gasteiger partial charge on any atom is 0.307 e. The number of aliphatic hydroxyl groups excluding tert-OH is 1. The molecule has 0 unspecified atom stereocenters. The summed E-state index contributed by atoms with van der Waals surface area (Å²) in [6.45, 7) is 0.684. The van der Waals surface area contributed by atoms with Gasteiger partial charge >= 0.3 is 5.97 Å². The molecule has 8 heteroatoms. The molecule has 2 aliphatic rings. The Morgan fingerprint density at radius 2 is 1.35 bits per heavy atom. The van der Waals surface area contributed by atoms with Crippen LogP contribution < -0.4 is 18.9 Å². The Kier molecular flexibility index (Phi) is 6.74. The van der Waals surface area contributed by atoms with E-state index in [1.807, 2.05) is 18.2 Å². The fourth-order valence-electron chi connectivity index (χ4n) is 2.45. The number of aliphatic hydroxyl groups is 1. The Morgan fingerprint density at radius 1 is 0.846 bits per heavy atom. The smallest absolute Gasteiger partial charge is 0.307 e. The Hall–Kier alpha value is -2.87. The van der Waals surface area contributed by atoms with Crippen molar-refractivity contribution in [2.75, 3.05) is 20.2 Å². The highest BCUT2D eigenvalue weighted by atomic mass is 16.7. The molecule has 0 aromatic heterocycles. The highest BCUT2D eigenvalue weighted by molar-refractivity contribution is 5.75. The number of fused-ring (bicyclic) bond motifs is 2. The van der Waals surface area contributed by atoms with Gasteiger partial charge in [0.15, 0.2) is 23.0 Å². The number of carbonyl (C=O) groups is 1. The van der Waals surface area contributed by atoms with Crippen LogP contribution in [-0.4, -0.2) is 44.8 Å². The first-order valence-electron chi connectivity index (χ1n) is 7.75. The molecule has 2 aliphatic heterocycles. The molecule has 0 fully saturated rings. The monoisotopic (exact) mass is 357 g/mol. The Morgan fingerprint density at radius 3 is 1.88 bits per heavy atom. The fraction of sp³-hybridized carbons (Fsp3) is 0.278. The van der Waals surface area contributed by atoms with Gasteiger partial charge in [0.25, 0.3) is 0 Å². The number of carboxylic acids is 1. The zero-order valence-electron chi connectivity index (χ0n) is 14.0. The van der Waals surface area contributed by atoms with Gasteiger partial charge < -0.3 is 29.2 Å². The van der Waals surface area contributed by atoms with Gasteiger partial charge in [-0.3, -0.25) is 4.79 Å². The van der Waals surface area contributed by atoms with Gasteiger partial charge in [0.1, 0.15) is 0 Å². The lowest BCUT2D eigenvalue weighted by Crippen LogP contribution is -1.99. The van der Waals surface area contributed by atoms with Gasteiger partial charge in [-0.25, -0.2) is 0 Å². The molecule has 2 aromatic rings. The topological polar surface area (TPSA) is 94.5 Å². The number of hydrogen-bond donors (Lipinski definition) is 2. The summed E-state index contributed by atoms with van der Waals surface area (Å²) in [5.41, 5.74) is 1.79. The molecule has 0 saturated heterocycles. The number of hydrogen-bond acceptors (Lipinski definition) is 6. The second-order valence-corrected chi connectivity index (χ2v) is 5.42. The lowest BCUT2D eigenvalue weighted by molar-refractivity contribution is -0.136. The van der Waals surface area contributed by atoms with E-state index in [2.05, 4.69) is 0 Å². The maximum atomic E-state index is 10.4. The molecule has 7 nitrogen and oxygen atoms in total. The predicted octanol–water partition coefficient (Wildman–Crippen LogP) is 1.61. The molecule has 2 heterocycles. The summed E-state index contributed by atoms with van der Waals surface area (Å²) in [7, 11) is 0. The van der Waals surface area contributed by atoms with Crippen molar-refractivity contribution in [2.45, 2.75) is 12.8 Å². The molecular formula is C18H18BO7. The first-order chi connectivity index (χ1) is 12.2. The van der Waals surface area contributed by atoms with Gasteiger partial charge in [0.05, 0.1) is 6.42 Å². The highest BCUT2D eigenvalue weighted by Crippen LogP contribution is 2.33. The molecule has 0 bridgehead atoms. The normalized spacial score (nSPS) is 12.7. The zero-order valence-corrected chi connectivity index (χ0v) is 14.0. The molecule has 2 N–H and O–H groups in total. The second-order valence-electron chi connectivity index (χ2n) is 5.42. The number of aliphatic carboxylic acids is 1. The third-order valence-corrected chi connectivity index (χ3v) is 3.63. The summed E-state index contributed by atoms with van der Waals surface area (Å²) in [5.74, 6) is 2.02. The summed E-state index contributed by atoms with van der Waals surface area (Å²) in [5, 5.41) is 17.2. The van der Waals surface area contributed by atoms with Crippen LogP contribution in [0.3, 0.4) is 0 Å². The molecule has 0 spiro atoms. The Balaban J connectivity index is 0.000000180. The molecule has 0 atom stereocenters. The molecular weight excluding hydrogens is 339 g/mol. The number of benzene rings is 2. The summed E-state index contributed by atoms with van der Waals surface area (Å²) in [6, 6.07) is 10.8. The fourth-order valence-corrected chi connectivity index (χ4v) is 2.45. The molecule has 0 aliphatic carbocycles. The number of carboxylic acid groups (broad SMARTS) is 1. The first kappa shape index (κ1) is 19.5. The quantitative estimate of drug-likeness (QED) is 0.803. The predicted molar refractivity (Wildman–Crippen MR) is 93.0 cm³/mol. The maximum absolute atomic E-state index is 10.4. The van der Waals surface area contributed by atoms with Crippen LogP contribution in [0.15, 0.2) is 36.4 Å². The Labute approximate surface area is 152 Å². The Bertz CT molecular complexity index is 763. The average Bonchev–Trinajstić information content (AvgIpc) is 3.23. The van der Waals surface area contributed by atoms with E-state index in [9.17, 15) is 4.79 Å². The lowest BCUT2D eigenvalue weighted by Gasteiger charge is -1.99. The van der Waals surface area contributed by atoms with Crippen molar-refractivity contribution in [3.05, 3.63) is 47.5 Å². The van der Waals surface area contributed by atoms with E-state index in [1.165, 1.54) is 0 Å². The first-order valence-corrected chi connectivity index (χ1v) is 7.75. The molecule has 135 valence electrons. The van der Waals surface area contributed by atoms with E-state index in [0.717, 1.165) is 22.6 Å². The third-order valence-electron chi connectivity index (χ3n) is 3.63. The van der Waals surface area contributed by atoms with Crippen LogP contribution in [0, 0.1) is 0 Å². The van der Waals surface area contributed by atoms with Gasteiger partial charge in [0, 0.05) is 15.0 Å². The van der Waals surface area contributed by atoms with Gasteiger partial charge in [0.2, 0.25) is 13.6 Å². The van der Waals surface area contributed by atoms with Crippen LogP contribution in [0.2, 0.25) is 0 Å². The van der Waals surface area contributed by atoms with Crippen LogP contribution in [0.4, 0.5) is 0 Å². The van der Waals surface area contributed by atoms with Crippen LogP contribution in [0.1, 0.15) is 11.1 Å². The van der Waals surface area contributed by atoms with Crippen LogP contribution in [0.5, 0.6) is 23.0 Å². The van der Waals surface area contributed by atoms with E-state index in [4.69, 9.17) is 29.2 Å². The summed E-state index contributed by atoms with van der Waals surface area (Å²) in [4.78, 5) is 10.4. The summed E-state index contributed by atoms with van der Waals surface area (Å²) >= 11 is 0. The van der Waals surface area contributed by atoms with Gasteiger partial charge in [-0.1, -0.05) is 12.1 Å². The van der Waals surface area contributed by atoms with Gasteiger partial charge in [-0.2, -0.15) is 0 Å². The molecule has 26 heavy (non-hydrogen) atoms. The molecule has 0 saturated carbocycles. The van der Waals surface area contributed by atoms with Gasteiger partial charge in [-0.15, -0.1) is 0 Å². The minimum absolute atomic E-state index is 0. The number of ether oxygens (including phenoxy) is 4. The zero-order chi connectivity index (χ0) is 17.6. The summed E-state index contributed by atoms with van der Waals surface area (Å²) < 4.78 is 20.5. The highest BCUT2D eigenvalue weighted by Gasteiger charge is 2.14. The second kappa shape index (κ2) is 9.01. The third kappa shape index (κ3) is 4.83. The molecule has 0 amide bonds. The van der Waals surface area contributed by atoms with E-state index in [0.29, 0.717) is 24.7 Å². The van der Waals surface area contributed by atoms with E-state index in [-0.39, 0.29) is 28.2 Å². The van der Waals surface area contributed by atoms with E-state index < -0.39 is 5.97 Å². The van der Waals surface area contributed by atoms with Gasteiger partial charge in [-0.05, 0) is 41.8 Å². The van der Waals surface area contributed by atoms with Crippen molar-refractivity contribution in [1.29, 1.82) is 0 Å². The molecule has 3 radical (unpaired) electrons.